The smallest absolute Gasteiger partial charge is 0.193 e. The number of rotatable bonds is 10. The predicted molar refractivity (Wildman–Crippen MR) is 116 cm³/mol. The van der Waals surface area contributed by atoms with Crippen LogP contribution in [0.15, 0.2) is 24.3 Å². The first-order chi connectivity index (χ1) is 12.5. The van der Waals surface area contributed by atoms with Crippen LogP contribution in [0.2, 0.25) is 18.1 Å². The summed E-state index contributed by atoms with van der Waals surface area (Å²) in [6.07, 6.45) is 14.4. The van der Waals surface area contributed by atoms with Gasteiger partial charge in [-0.05, 0) is 49.7 Å². The van der Waals surface area contributed by atoms with Gasteiger partial charge in [-0.3, -0.25) is 0 Å². The minimum absolute atomic E-state index is 0.0431. The van der Waals surface area contributed by atoms with E-state index in [0.29, 0.717) is 18.8 Å². The summed E-state index contributed by atoms with van der Waals surface area (Å²) in [6.45, 7) is 17.3. The molecule has 0 unspecified atom stereocenters. The van der Waals surface area contributed by atoms with Gasteiger partial charge in [-0.1, -0.05) is 52.0 Å². The lowest BCUT2D eigenvalue weighted by atomic mass is 9.92. The summed E-state index contributed by atoms with van der Waals surface area (Å²) in [6, 6.07) is 0. The first-order valence-corrected chi connectivity index (χ1v) is 12.9. The van der Waals surface area contributed by atoms with Crippen molar-refractivity contribution < 1.29 is 14.0 Å². The van der Waals surface area contributed by atoms with E-state index >= 15 is 0 Å². The molecule has 152 valence electrons. The maximum absolute atomic E-state index is 11.6. The van der Waals surface area contributed by atoms with Crippen molar-refractivity contribution in [1.29, 1.82) is 0 Å². The molecule has 0 aliphatic carbocycles. The van der Waals surface area contributed by atoms with Crippen LogP contribution in [0.25, 0.3) is 0 Å². The van der Waals surface area contributed by atoms with Gasteiger partial charge in [0.1, 0.15) is 12.4 Å². The third-order valence-corrected chi connectivity index (χ3v) is 10.1. The van der Waals surface area contributed by atoms with E-state index in [9.17, 15) is 4.79 Å². The molecular weight excluding hydrogens is 352 g/mol. The quantitative estimate of drug-likeness (QED) is 0.208. The van der Waals surface area contributed by atoms with E-state index in [1.807, 2.05) is 0 Å². The van der Waals surface area contributed by atoms with Crippen molar-refractivity contribution in [3.8, 4) is 12.3 Å². The molecule has 0 N–H and O–H groups in total. The van der Waals surface area contributed by atoms with Crippen molar-refractivity contribution in [1.82, 2.24) is 0 Å². The van der Waals surface area contributed by atoms with Crippen molar-refractivity contribution in [3.05, 3.63) is 24.3 Å². The average molecular weight is 391 g/mol. The van der Waals surface area contributed by atoms with Crippen LogP contribution in [0.4, 0.5) is 0 Å². The second kappa shape index (κ2) is 10.4. The number of hydrogen-bond donors (Lipinski definition) is 0. The molecule has 1 aliphatic heterocycles. The maximum atomic E-state index is 11.6. The van der Waals surface area contributed by atoms with Gasteiger partial charge in [0.25, 0.3) is 0 Å². The van der Waals surface area contributed by atoms with E-state index in [2.05, 4.69) is 65.4 Å². The molecule has 1 aliphatic rings. The van der Waals surface area contributed by atoms with Crippen LogP contribution in [0.5, 0.6) is 0 Å². The van der Waals surface area contributed by atoms with Crippen molar-refractivity contribution in [3.63, 3.8) is 0 Å². The molecule has 27 heavy (non-hydrogen) atoms. The standard InChI is InChI=1S/C23H38O3Si/c1-9-11-20-12-10-13-21(25-20)15-18(2)14-19(3)16-22(17-24)26-27(7,8)23(4,5)6/h1,10,12,17-18,20-22H,3,11,13-16H2,2,4-8H3/t18-,20+,21-,22-/m0/s1. The molecule has 0 saturated heterocycles. The average Bonchev–Trinajstić information content (AvgIpc) is 2.53. The van der Waals surface area contributed by atoms with Gasteiger partial charge in [0.2, 0.25) is 0 Å². The van der Waals surface area contributed by atoms with Crippen molar-refractivity contribution in [2.75, 3.05) is 0 Å². The maximum Gasteiger partial charge on any atom is 0.193 e. The Hall–Kier alpha value is -1.15. The fourth-order valence-corrected chi connectivity index (χ4v) is 4.43. The van der Waals surface area contributed by atoms with Crippen LogP contribution in [-0.2, 0) is 14.0 Å². The molecular formula is C23H38O3Si. The van der Waals surface area contributed by atoms with Crippen LogP contribution < -0.4 is 0 Å². The van der Waals surface area contributed by atoms with Crippen molar-refractivity contribution in [2.24, 2.45) is 5.92 Å². The molecule has 0 bridgehead atoms. The molecule has 0 saturated carbocycles. The topological polar surface area (TPSA) is 35.5 Å². The van der Waals surface area contributed by atoms with Gasteiger partial charge >= 0.3 is 0 Å². The molecule has 0 aromatic heterocycles. The summed E-state index contributed by atoms with van der Waals surface area (Å²) >= 11 is 0. The zero-order valence-electron chi connectivity index (χ0n) is 18.1. The summed E-state index contributed by atoms with van der Waals surface area (Å²) in [4.78, 5) is 11.6. The number of ether oxygens (including phenoxy) is 1. The second-order valence-corrected chi connectivity index (χ2v) is 14.2. The highest BCUT2D eigenvalue weighted by Gasteiger charge is 2.39. The lowest BCUT2D eigenvalue weighted by molar-refractivity contribution is -0.114. The van der Waals surface area contributed by atoms with Crippen molar-refractivity contribution >= 4 is 14.6 Å². The second-order valence-electron chi connectivity index (χ2n) is 9.42. The molecule has 0 fully saturated rings. The lowest BCUT2D eigenvalue weighted by Gasteiger charge is -2.38. The largest absolute Gasteiger partial charge is 0.407 e. The number of terminal acetylenes is 1. The molecule has 0 amide bonds. The fourth-order valence-electron chi connectivity index (χ4n) is 3.18. The number of carbonyl (C=O) groups is 1. The number of carbonyl (C=O) groups excluding carboxylic acids is 1. The minimum atomic E-state index is -1.96. The zero-order chi connectivity index (χ0) is 20.7. The Kier molecular flexibility index (Phi) is 9.21. The van der Waals surface area contributed by atoms with Gasteiger partial charge in [-0.2, -0.15) is 0 Å². The van der Waals surface area contributed by atoms with E-state index in [1.54, 1.807) is 0 Å². The summed E-state index contributed by atoms with van der Waals surface area (Å²) in [5, 5.41) is 0.0870. The highest BCUT2D eigenvalue weighted by atomic mass is 28.4. The summed E-state index contributed by atoms with van der Waals surface area (Å²) in [5.41, 5.74) is 1.07. The fraction of sp³-hybridized carbons (Fsp3) is 0.696. The highest BCUT2D eigenvalue weighted by molar-refractivity contribution is 6.74. The monoisotopic (exact) mass is 390 g/mol. The van der Waals surface area contributed by atoms with Crippen LogP contribution in [0.1, 0.15) is 59.8 Å². The third kappa shape index (κ3) is 8.17. The Morgan fingerprint density at radius 2 is 2.11 bits per heavy atom. The molecule has 3 nitrogen and oxygen atoms in total. The number of hydrogen-bond acceptors (Lipinski definition) is 3. The molecule has 0 spiro atoms. The number of aldehydes is 1. The van der Waals surface area contributed by atoms with Crippen LogP contribution in [0, 0.1) is 18.3 Å². The Balaban J connectivity index is 2.49. The molecule has 4 heteroatoms. The summed E-state index contributed by atoms with van der Waals surface area (Å²) in [5.74, 6) is 3.11. The van der Waals surface area contributed by atoms with Crippen LogP contribution in [0.3, 0.4) is 0 Å². The highest BCUT2D eigenvalue weighted by Crippen LogP contribution is 2.38. The minimum Gasteiger partial charge on any atom is -0.407 e. The molecule has 0 aromatic rings. The Bertz CT molecular complexity index is 565. The normalized spacial score (nSPS) is 22.7. The SMILES string of the molecule is C#CC[C@@H]1C=CC[C@@H](C[C@@H](C)CC(=C)C[C@@H](C=O)O[Si](C)(C)C(C)(C)C)O1. The van der Waals surface area contributed by atoms with Gasteiger partial charge in [0.15, 0.2) is 8.32 Å². The van der Waals surface area contributed by atoms with E-state index in [-0.39, 0.29) is 23.4 Å². The Morgan fingerprint density at radius 1 is 1.44 bits per heavy atom. The first-order valence-electron chi connectivity index (χ1n) is 10.0. The van der Waals surface area contributed by atoms with Gasteiger partial charge in [-0.15, -0.1) is 12.3 Å². The Morgan fingerprint density at radius 3 is 2.67 bits per heavy atom. The Labute approximate surface area is 167 Å². The van der Waals surface area contributed by atoms with Gasteiger partial charge in [0.05, 0.1) is 12.2 Å². The lowest BCUT2D eigenvalue weighted by Crippen LogP contribution is -2.44. The molecule has 1 rings (SSSR count). The zero-order valence-corrected chi connectivity index (χ0v) is 19.1. The van der Waals surface area contributed by atoms with Crippen LogP contribution >= 0.6 is 0 Å². The van der Waals surface area contributed by atoms with Gasteiger partial charge in [-0.25, -0.2) is 0 Å². The first kappa shape index (κ1) is 23.9. The predicted octanol–water partition coefficient (Wildman–Crippen LogP) is 5.68. The van der Waals surface area contributed by atoms with E-state index in [1.165, 1.54) is 0 Å². The van der Waals surface area contributed by atoms with E-state index < -0.39 is 8.32 Å². The summed E-state index contributed by atoms with van der Waals surface area (Å²) in [7, 11) is -1.96. The molecule has 0 radical (unpaired) electrons. The molecule has 1 heterocycles. The van der Waals surface area contributed by atoms with Gasteiger partial charge < -0.3 is 14.0 Å². The van der Waals surface area contributed by atoms with Gasteiger partial charge in [0, 0.05) is 6.42 Å². The van der Waals surface area contributed by atoms with Crippen molar-refractivity contribution in [2.45, 2.75) is 96.2 Å². The van der Waals surface area contributed by atoms with E-state index in [0.717, 1.165) is 31.1 Å². The van der Waals surface area contributed by atoms with Crippen LogP contribution in [-0.4, -0.2) is 32.9 Å². The molecule has 0 aromatic carbocycles. The third-order valence-electron chi connectivity index (χ3n) is 5.63. The molecule has 4 atom stereocenters. The summed E-state index contributed by atoms with van der Waals surface area (Å²) < 4.78 is 12.3. The van der Waals surface area contributed by atoms with E-state index in [4.69, 9.17) is 15.6 Å².